The molecule has 0 spiro atoms. The number of aromatic nitrogens is 2. The molecule has 0 aliphatic heterocycles. The van der Waals surface area contributed by atoms with Crippen molar-refractivity contribution >= 4 is 17.4 Å². The van der Waals surface area contributed by atoms with Crippen LogP contribution in [-0.4, -0.2) is 44.6 Å². The highest BCUT2D eigenvalue weighted by molar-refractivity contribution is 5.84. The Morgan fingerprint density at radius 2 is 2.00 bits per heavy atom. The zero-order chi connectivity index (χ0) is 16.2. The summed E-state index contributed by atoms with van der Waals surface area (Å²) < 4.78 is 1.42. The van der Waals surface area contributed by atoms with Gasteiger partial charge in [-0.15, -0.1) is 0 Å². The lowest BCUT2D eigenvalue weighted by Crippen LogP contribution is -2.41. The van der Waals surface area contributed by atoms with E-state index in [2.05, 4.69) is 10.4 Å². The predicted octanol–water partition coefficient (Wildman–Crippen LogP) is 1.56. The summed E-state index contributed by atoms with van der Waals surface area (Å²) >= 11 is 0. The van der Waals surface area contributed by atoms with Crippen LogP contribution in [0.2, 0.25) is 0 Å². The summed E-state index contributed by atoms with van der Waals surface area (Å²) in [4.78, 5) is 24.7. The molecule has 8 nitrogen and oxygen atoms in total. The van der Waals surface area contributed by atoms with Gasteiger partial charge in [0.15, 0.2) is 0 Å². The average Bonchev–Trinajstić information content (AvgIpc) is 2.76. The minimum absolute atomic E-state index is 0.0563. The van der Waals surface area contributed by atoms with Gasteiger partial charge in [-0.05, 0) is 27.2 Å². The van der Waals surface area contributed by atoms with Gasteiger partial charge < -0.3 is 10.2 Å². The molecular formula is C13H23N5O3. The van der Waals surface area contributed by atoms with Crippen molar-refractivity contribution in [2.75, 3.05) is 18.4 Å². The van der Waals surface area contributed by atoms with Crippen molar-refractivity contribution < 1.29 is 9.72 Å². The van der Waals surface area contributed by atoms with Crippen LogP contribution in [0.1, 0.15) is 33.4 Å². The molecule has 1 rings (SSSR count). The van der Waals surface area contributed by atoms with E-state index >= 15 is 0 Å². The Labute approximate surface area is 124 Å². The van der Waals surface area contributed by atoms with Crippen LogP contribution in [0.3, 0.4) is 0 Å². The molecule has 118 valence electrons. The molecule has 1 N–H and O–H groups in total. The number of anilines is 1. The lowest BCUT2D eigenvalue weighted by atomic mass is 10.2. The fraction of sp³-hybridized carbons (Fsp3) is 0.692. The number of rotatable bonds is 7. The number of nitrogens with zero attached hydrogens (tertiary/aromatic N) is 4. The maximum atomic E-state index is 12.2. The molecule has 1 heterocycles. The smallest absolute Gasteiger partial charge is 0.334 e. The number of aryl methyl sites for hydroxylation is 2. The normalized spacial score (nSPS) is 12.0. The largest absolute Gasteiger partial charge is 0.353 e. The number of amides is 1. The Bertz CT molecular complexity index is 522. The average molecular weight is 297 g/mol. The standard InChI is InChI=1S/C13H23N5O3/c1-6-10-11(18(20)21)12(16(5)15-10)14-9(4)13(19)17(7-2)8-3/h9,14H,6-8H2,1-5H3. The Kier molecular flexibility index (Phi) is 5.69. The SMILES string of the molecule is CCc1nn(C)c(NC(C)C(=O)N(CC)CC)c1[N+](=O)[O-]. The van der Waals surface area contributed by atoms with E-state index in [1.54, 1.807) is 18.9 Å². The van der Waals surface area contributed by atoms with E-state index in [0.717, 1.165) is 0 Å². The van der Waals surface area contributed by atoms with Gasteiger partial charge >= 0.3 is 5.69 Å². The zero-order valence-corrected chi connectivity index (χ0v) is 13.2. The monoisotopic (exact) mass is 297 g/mol. The summed E-state index contributed by atoms with van der Waals surface area (Å²) in [7, 11) is 1.63. The summed E-state index contributed by atoms with van der Waals surface area (Å²) in [5.41, 5.74) is 0.353. The summed E-state index contributed by atoms with van der Waals surface area (Å²) in [5.74, 6) is 0.179. The Hall–Kier alpha value is -2.12. The molecule has 0 saturated carbocycles. The van der Waals surface area contributed by atoms with Gasteiger partial charge in [0.05, 0.1) is 4.92 Å². The van der Waals surface area contributed by atoms with Crippen LogP contribution in [0.4, 0.5) is 11.5 Å². The van der Waals surface area contributed by atoms with Gasteiger partial charge in [-0.3, -0.25) is 14.9 Å². The van der Waals surface area contributed by atoms with E-state index < -0.39 is 11.0 Å². The van der Waals surface area contributed by atoms with Crippen molar-refractivity contribution in [1.82, 2.24) is 14.7 Å². The maximum absolute atomic E-state index is 12.2. The minimum Gasteiger partial charge on any atom is -0.353 e. The first-order valence-electron chi connectivity index (χ1n) is 7.12. The Morgan fingerprint density at radius 1 is 1.43 bits per heavy atom. The van der Waals surface area contributed by atoms with Gasteiger partial charge in [0, 0.05) is 20.1 Å². The summed E-state index contributed by atoms with van der Waals surface area (Å²) in [6.45, 7) is 8.52. The van der Waals surface area contributed by atoms with Crippen molar-refractivity contribution in [3.8, 4) is 0 Å². The number of carbonyl (C=O) groups is 1. The molecule has 0 aromatic carbocycles. The van der Waals surface area contributed by atoms with E-state index in [-0.39, 0.29) is 17.4 Å². The third kappa shape index (κ3) is 3.50. The number of likely N-dealkylation sites (N-methyl/N-ethyl adjacent to an activating group) is 1. The first kappa shape index (κ1) is 16.9. The lowest BCUT2D eigenvalue weighted by Gasteiger charge is -2.23. The van der Waals surface area contributed by atoms with Gasteiger partial charge in [0.25, 0.3) is 0 Å². The summed E-state index contributed by atoms with van der Waals surface area (Å²) in [5, 5.41) is 18.3. The van der Waals surface area contributed by atoms with Crippen LogP contribution < -0.4 is 5.32 Å². The molecule has 0 fully saturated rings. The molecule has 0 aliphatic carbocycles. The number of carbonyl (C=O) groups excluding carboxylic acids is 1. The molecule has 1 aromatic rings. The Morgan fingerprint density at radius 3 is 2.43 bits per heavy atom. The zero-order valence-electron chi connectivity index (χ0n) is 13.2. The molecule has 1 atom stereocenters. The van der Waals surface area contributed by atoms with Crippen LogP contribution in [0.25, 0.3) is 0 Å². The van der Waals surface area contributed by atoms with Gasteiger partial charge in [0.1, 0.15) is 11.7 Å². The van der Waals surface area contributed by atoms with Crippen molar-refractivity contribution in [2.45, 2.75) is 40.2 Å². The number of hydrogen-bond donors (Lipinski definition) is 1. The highest BCUT2D eigenvalue weighted by Gasteiger charge is 2.28. The first-order chi connectivity index (χ1) is 9.87. The third-order valence-electron chi connectivity index (χ3n) is 3.41. The maximum Gasteiger partial charge on any atom is 0.334 e. The quantitative estimate of drug-likeness (QED) is 0.609. The van der Waals surface area contributed by atoms with E-state index in [4.69, 9.17) is 0 Å². The third-order valence-corrected chi connectivity index (χ3v) is 3.41. The van der Waals surface area contributed by atoms with Crippen molar-refractivity contribution in [3.05, 3.63) is 15.8 Å². The number of nitrogens with one attached hydrogen (secondary N) is 1. The van der Waals surface area contributed by atoms with Crippen molar-refractivity contribution in [1.29, 1.82) is 0 Å². The molecule has 1 unspecified atom stereocenters. The molecular weight excluding hydrogens is 274 g/mol. The second kappa shape index (κ2) is 7.05. The molecule has 1 aromatic heterocycles. The van der Waals surface area contributed by atoms with Crippen LogP contribution in [-0.2, 0) is 18.3 Å². The molecule has 0 bridgehead atoms. The van der Waals surface area contributed by atoms with Gasteiger partial charge in [0.2, 0.25) is 11.7 Å². The second-order valence-electron chi connectivity index (χ2n) is 4.75. The second-order valence-corrected chi connectivity index (χ2v) is 4.75. The summed E-state index contributed by atoms with van der Waals surface area (Å²) in [6, 6.07) is -0.552. The van der Waals surface area contributed by atoms with Crippen LogP contribution in [0, 0.1) is 10.1 Å². The molecule has 8 heteroatoms. The van der Waals surface area contributed by atoms with E-state index in [1.165, 1.54) is 4.68 Å². The highest BCUT2D eigenvalue weighted by Crippen LogP contribution is 2.29. The minimum atomic E-state index is -0.552. The van der Waals surface area contributed by atoms with Crippen LogP contribution in [0.5, 0.6) is 0 Å². The van der Waals surface area contributed by atoms with E-state index in [0.29, 0.717) is 25.2 Å². The van der Waals surface area contributed by atoms with E-state index in [9.17, 15) is 14.9 Å². The highest BCUT2D eigenvalue weighted by atomic mass is 16.6. The predicted molar refractivity (Wildman–Crippen MR) is 80.3 cm³/mol. The van der Waals surface area contributed by atoms with E-state index in [1.807, 2.05) is 20.8 Å². The fourth-order valence-electron chi connectivity index (χ4n) is 2.24. The molecule has 1 amide bonds. The lowest BCUT2D eigenvalue weighted by molar-refractivity contribution is -0.384. The number of nitro groups is 1. The van der Waals surface area contributed by atoms with Crippen LogP contribution in [0.15, 0.2) is 0 Å². The topological polar surface area (TPSA) is 93.3 Å². The van der Waals surface area contributed by atoms with Crippen molar-refractivity contribution in [3.63, 3.8) is 0 Å². The summed E-state index contributed by atoms with van der Waals surface area (Å²) in [6.07, 6.45) is 0.463. The van der Waals surface area contributed by atoms with Crippen molar-refractivity contribution in [2.24, 2.45) is 7.05 Å². The van der Waals surface area contributed by atoms with Crippen LogP contribution >= 0.6 is 0 Å². The van der Waals surface area contributed by atoms with Gasteiger partial charge in [-0.25, -0.2) is 4.68 Å². The fourth-order valence-corrected chi connectivity index (χ4v) is 2.24. The Balaban J connectivity index is 3.05. The first-order valence-corrected chi connectivity index (χ1v) is 7.12. The van der Waals surface area contributed by atoms with Gasteiger partial charge in [-0.2, -0.15) is 5.10 Å². The molecule has 0 aliphatic rings. The van der Waals surface area contributed by atoms with Gasteiger partial charge in [-0.1, -0.05) is 6.92 Å². The molecule has 21 heavy (non-hydrogen) atoms. The molecule has 0 radical (unpaired) electrons. The molecule has 0 saturated heterocycles. The number of hydrogen-bond acceptors (Lipinski definition) is 5.